The lowest BCUT2D eigenvalue weighted by Crippen LogP contribution is -2.16. The van der Waals surface area contributed by atoms with Gasteiger partial charge in [0.05, 0.1) is 23.7 Å². The molecule has 8 heteroatoms. The first-order valence-electron chi connectivity index (χ1n) is 8.15. The molecule has 0 spiro atoms. The van der Waals surface area contributed by atoms with Gasteiger partial charge in [0.1, 0.15) is 16.9 Å². The van der Waals surface area contributed by atoms with Gasteiger partial charge in [-0.1, -0.05) is 31.6 Å². The van der Waals surface area contributed by atoms with Crippen LogP contribution < -0.4 is 0 Å². The summed E-state index contributed by atoms with van der Waals surface area (Å²) >= 11 is -0.0570. The first-order chi connectivity index (χ1) is 11.4. The molecule has 1 rings (SSSR count). The molecule has 0 radical (unpaired) electrons. The van der Waals surface area contributed by atoms with Crippen molar-refractivity contribution < 1.29 is 19.2 Å². The molecule has 1 aromatic heterocycles. The zero-order valence-electron chi connectivity index (χ0n) is 14.7. The number of esters is 1. The van der Waals surface area contributed by atoms with Crippen LogP contribution in [0.2, 0.25) is 0 Å². The first-order valence-corrected chi connectivity index (χ1v) is 10.3. The molecular weight excluding hydrogens is 348 g/mol. The van der Waals surface area contributed by atoms with E-state index in [1.165, 1.54) is 11.3 Å². The summed E-state index contributed by atoms with van der Waals surface area (Å²) in [6.45, 7) is 7.95. The number of carbonyl (C=O) groups is 1. The van der Waals surface area contributed by atoms with Crippen LogP contribution in [0, 0.1) is 5.92 Å². The number of aliphatic hydroxyl groups excluding tert-OH is 1. The molecule has 1 heterocycles. The highest BCUT2D eigenvalue weighted by Crippen LogP contribution is 2.24. The van der Waals surface area contributed by atoms with Crippen molar-refractivity contribution in [3.63, 3.8) is 0 Å². The van der Waals surface area contributed by atoms with Gasteiger partial charge in [-0.2, -0.15) is 0 Å². The number of unbranched alkanes of at least 4 members (excludes halogenated alkanes) is 1. The number of rotatable bonds is 10. The Morgan fingerprint density at radius 1 is 1.50 bits per heavy atom. The Morgan fingerprint density at radius 3 is 2.79 bits per heavy atom. The van der Waals surface area contributed by atoms with Crippen molar-refractivity contribution in [2.75, 3.05) is 12.4 Å². The summed E-state index contributed by atoms with van der Waals surface area (Å²) in [5, 5.41) is 12.4. The highest BCUT2D eigenvalue weighted by atomic mass is 32.2. The Kier molecular flexibility index (Phi) is 9.50. The van der Waals surface area contributed by atoms with Crippen LogP contribution in [0.5, 0.6) is 0 Å². The van der Waals surface area contributed by atoms with E-state index in [2.05, 4.69) is 9.38 Å². The molecule has 0 saturated heterocycles. The van der Waals surface area contributed by atoms with E-state index in [0.29, 0.717) is 16.5 Å². The molecule has 0 fully saturated rings. The predicted molar refractivity (Wildman–Crippen MR) is 97.8 cm³/mol. The van der Waals surface area contributed by atoms with E-state index in [4.69, 9.17) is 4.74 Å². The summed E-state index contributed by atoms with van der Waals surface area (Å²) in [5.74, 6) is 0.118. The Labute approximate surface area is 150 Å². The topological polar surface area (TPSA) is 94.8 Å². The van der Waals surface area contributed by atoms with Gasteiger partial charge in [0, 0.05) is 11.8 Å². The monoisotopic (exact) mass is 374 g/mol. The van der Waals surface area contributed by atoms with Gasteiger partial charge in [0.2, 0.25) is 0 Å². The van der Waals surface area contributed by atoms with E-state index in [1.807, 2.05) is 20.8 Å². The molecule has 6 nitrogen and oxygen atoms in total. The number of nitrogens with zero attached hydrogens (tertiary/aromatic N) is 2. The maximum Gasteiger partial charge on any atom is 0.357 e. The number of thiazole rings is 1. The molecule has 0 bridgehead atoms. The summed E-state index contributed by atoms with van der Waals surface area (Å²) < 4.78 is 21.1. The molecule has 0 aliphatic rings. The number of hydrogen-bond acceptors (Lipinski definition) is 7. The highest BCUT2D eigenvalue weighted by Gasteiger charge is 2.21. The molecule has 0 aromatic carbocycles. The molecule has 1 aromatic rings. The Morgan fingerprint density at radius 2 is 2.21 bits per heavy atom. The van der Waals surface area contributed by atoms with Crippen LogP contribution in [0.25, 0.3) is 0 Å². The van der Waals surface area contributed by atoms with Gasteiger partial charge >= 0.3 is 5.97 Å². The Hall–Kier alpha value is -0.960. The number of hydrogen-bond donors (Lipinski definition) is 1. The highest BCUT2D eigenvalue weighted by molar-refractivity contribution is 7.90. The van der Waals surface area contributed by atoms with Crippen molar-refractivity contribution in [3.05, 3.63) is 16.1 Å². The predicted octanol–water partition coefficient (Wildman–Crippen LogP) is 3.30. The maximum absolute atomic E-state index is 12.0. The molecule has 1 unspecified atom stereocenters. The third-order valence-electron chi connectivity index (χ3n) is 3.25. The number of ether oxygens (including phenoxy) is 1. The zero-order chi connectivity index (χ0) is 18.1. The van der Waals surface area contributed by atoms with Crippen LogP contribution in [0.3, 0.4) is 0 Å². The fourth-order valence-corrected chi connectivity index (χ4v) is 3.79. The minimum atomic E-state index is -1.26. The summed E-state index contributed by atoms with van der Waals surface area (Å²) in [5.41, 5.74) is 0.898. The molecule has 24 heavy (non-hydrogen) atoms. The standard InChI is InChI=1S/C16H26N2O4S2/c1-5-7-8-24(21)18-12(11(3)4)9-14(19)15-17-13(10-23-15)16(20)22-6-2/h10-11,14,19H,5-9H2,1-4H3/b18-12+/t14-,24?/m1/s1. The summed E-state index contributed by atoms with van der Waals surface area (Å²) in [6, 6.07) is 0. The van der Waals surface area contributed by atoms with E-state index in [0.717, 1.165) is 12.8 Å². The minimum absolute atomic E-state index is 0.0784. The maximum atomic E-state index is 12.0. The lowest BCUT2D eigenvalue weighted by molar-refractivity contribution is 0.0519. The SMILES string of the molecule is CCCC[S+]([O-])/N=C(\C[C@@H](O)c1nc(C(=O)OCC)cs1)C(C)C. The second-order valence-electron chi connectivity index (χ2n) is 5.63. The van der Waals surface area contributed by atoms with Gasteiger partial charge in [0.25, 0.3) is 0 Å². The van der Waals surface area contributed by atoms with Crippen LogP contribution in [0.4, 0.5) is 0 Å². The van der Waals surface area contributed by atoms with Crippen molar-refractivity contribution in [1.29, 1.82) is 0 Å². The van der Waals surface area contributed by atoms with Crippen LogP contribution in [-0.2, 0) is 16.1 Å². The van der Waals surface area contributed by atoms with Gasteiger partial charge in [-0.05, 0) is 19.3 Å². The van der Waals surface area contributed by atoms with Gasteiger partial charge in [-0.3, -0.25) is 0 Å². The molecule has 136 valence electrons. The smallest absolute Gasteiger partial charge is 0.357 e. The molecular formula is C16H26N2O4S2. The summed E-state index contributed by atoms with van der Waals surface area (Å²) in [4.78, 5) is 15.8. The summed E-state index contributed by atoms with van der Waals surface area (Å²) in [7, 11) is 0. The van der Waals surface area contributed by atoms with Crippen LogP contribution in [0.15, 0.2) is 9.78 Å². The third kappa shape index (κ3) is 6.88. The van der Waals surface area contributed by atoms with Gasteiger partial charge in [-0.25, -0.2) is 9.78 Å². The quantitative estimate of drug-likeness (QED) is 0.385. The lowest BCUT2D eigenvalue weighted by atomic mass is 10.0. The summed E-state index contributed by atoms with van der Waals surface area (Å²) in [6.07, 6.45) is 1.21. The molecule has 0 saturated carbocycles. The van der Waals surface area contributed by atoms with Crippen LogP contribution >= 0.6 is 11.3 Å². The van der Waals surface area contributed by atoms with Crippen LogP contribution in [0.1, 0.15) is 68.6 Å². The fraction of sp³-hybridized carbons (Fsp3) is 0.688. The van der Waals surface area contributed by atoms with E-state index in [-0.39, 0.29) is 24.6 Å². The van der Waals surface area contributed by atoms with E-state index in [9.17, 15) is 14.5 Å². The molecule has 0 aliphatic carbocycles. The average molecular weight is 375 g/mol. The lowest BCUT2D eigenvalue weighted by Gasteiger charge is -2.13. The van der Waals surface area contributed by atoms with Crippen molar-refractivity contribution in [2.24, 2.45) is 10.3 Å². The van der Waals surface area contributed by atoms with Crippen molar-refractivity contribution >= 4 is 34.4 Å². The second kappa shape index (κ2) is 10.8. The van der Waals surface area contributed by atoms with Crippen molar-refractivity contribution in [1.82, 2.24) is 4.98 Å². The average Bonchev–Trinajstić information content (AvgIpc) is 3.02. The molecule has 2 atom stereocenters. The van der Waals surface area contributed by atoms with Gasteiger partial charge < -0.3 is 14.4 Å². The Balaban J connectivity index is 2.76. The van der Waals surface area contributed by atoms with Crippen LogP contribution in [-0.4, -0.2) is 38.7 Å². The molecule has 1 N–H and O–H groups in total. The first kappa shape index (κ1) is 21.1. The molecule has 0 amide bonds. The van der Waals surface area contributed by atoms with Gasteiger partial charge in [0.15, 0.2) is 5.69 Å². The van der Waals surface area contributed by atoms with Crippen molar-refractivity contribution in [2.45, 2.75) is 53.1 Å². The number of aromatic nitrogens is 1. The third-order valence-corrected chi connectivity index (χ3v) is 5.27. The van der Waals surface area contributed by atoms with E-state index < -0.39 is 23.4 Å². The Bertz CT molecular complexity index is 546. The second-order valence-corrected chi connectivity index (χ2v) is 7.75. The largest absolute Gasteiger partial charge is 0.591 e. The van der Waals surface area contributed by atoms with E-state index in [1.54, 1.807) is 12.3 Å². The number of aliphatic hydroxyl groups is 1. The number of carbonyl (C=O) groups excluding carboxylic acids is 1. The normalized spacial score (nSPS) is 14.7. The minimum Gasteiger partial charge on any atom is -0.591 e. The fourth-order valence-electron chi connectivity index (χ4n) is 1.85. The van der Waals surface area contributed by atoms with E-state index >= 15 is 0 Å². The van der Waals surface area contributed by atoms with Crippen molar-refractivity contribution in [3.8, 4) is 0 Å². The van der Waals surface area contributed by atoms with Gasteiger partial charge in [-0.15, -0.1) is 11.3 Å². The zero-order valence-corrected chi connectivity index (χ0v) is 16.3. The molecule has 0 aliphatic heterocycles.